The summed E-state index contributed by atoms with van der Waals surface area (Å²) in [5.74, 6) is -0.541. The van der Waals surface area contributed by atoms with Gasteiger partial charge in [0.2, 0.25) is 5.91 Å². The van der Waals surface area contributed by atoms with Crippen LogP contribution in [0, 0.1) is 16.0 Å². The van der Waals surface area contributed by atoms with Crippen LogP contribution in [0.3, 0.4) is 0 Å². The minimum atomic E-state index is -0.457. The number of likely N-dealkylation sites (tertiary alicyclic amines) is 1. The van der Waals surface area contributed by atoms with E-state index in [9.17, 15) is 19.7 Å². The van der Waals surface area contributed by atoms with E-state index in [-0.39, 0.29) is 24.1 Å². The zero-order chi connectivity index (χ0) is 20.8. The Balaban J connectivity index is 1.71. The van der Waals surface area contributed by atoms with E-state index in [4.69, 9.17) is 10.5 Å². The first-order chi connectivity index (χ1) is 13.9. The molecule has 0 unspecified atom stereocenters. The molecule has 1 fully saturated rings. The lowest BCUT2D eigenvalue weighted by Gasteiger charge is -2.31. The van der Waals surface area contributed by atoms with Crippen LogP contribution in [0.4, 0.5) is 5.69 Å². The largest absolute Gasteiger partial charge is 0.483 e. The minimum absolute atomic E-state index is 0.0325. The highest BCUT2D eigenvalue weighted by Gasteiger charge is 2.27. The molecule has 0 radical (unpaired) electrons. The Morgan fingerprint density at radius 3 is 2.66 bits per heavy atom. The molecule has 0 aromatic heterocycles. The third-order valence-electron chi connectivity index (χ3n) is 5.02. The van der Waals surface area contributed by atoms with Crippen molar-refractivity contribution in [1.29, 1.82) is 0 Å². The first kappa shape index (κ1) is 20.3. The van der Waals surface area contributed by atoms with Crippen LogP contribution in [0.25, 0.3) is 0 Å². The molecule has 1 aliphatic heterocycles. The summed E-state index contributed by atoms with van der Waals surface area (Å²) in [7, 11) is 0. The predicted octanol–water partition coefficient (Wildman–Crippen LogP) is 2.29. The molecule has 1 heterocycles. The summed E-state index contributed by atoms with van der Waals surface area (Å²) in [5, 5.41) is 11.1. The number of rotatable bonds is 7. The average molecular weight is 397 g/mol. The summed E-state index contributed by atoms with van der Waals surface area (Å²) in [6, 6.07) is 13.9. The molecule has 2 aromatic rings. The quantitative estimate of drug-likeness (QED) is 0.568. The molecular formula is C21H23N3O5. The van der Waals surface area contributed by atoms with Crippen molar-refractivity contribution in [2.45, 2.75) is 19.3 Å². The molecule has 1 aliphatic rings. The number of nitro benzene ring substituents is 1. The van der Waals surface area contributed by atoms with E-state index in [1.165, 1.54) is 18.2 Å². The summed E-state index contributed by atoms with van der Waals surface area (Å²) in [6.45, 7) is 0.656. The number of hydrogen-bond donors (Lipinski definition) is 1. The maximum atomic E-state index is 12.5. The van der Waals surface area contributed by atoms with Crippen molar-refractivity contribution >= 4 is 17.5 Å². The summed E-state index contributed by atoms with van der Waals surface area (Å²) < 4.78 is 5.72. The Kier molecular flexibility index (Phi) is 6.43. The Bertz CT molecular complexity index is 900. The van der Waals surface area contributed by atoms with Gasteiger partial charge < -0.3 is 15.4 Å². The molecule has 0 aliphatic carbocycles. The van der Waals surface area contributed by atoms with Gasteiger partial charge in [0, 0.05) is 37.2 Å². The monoisotopic (exact) mass is 397 g/mol. The van der Waals surface area contributed by atoms with E-state index in [2.05, 4.69) is 0 Å². The standard InChI is InChI=1S/C21H23N3O5/c22-21(26)16-7-4-10-23(13-16)20(25)14-29-19-9-8-18(24(27)28)12-17(19)11-15-5-2-1-3-6-15/h1-3,5-6,8-9,12,16H,4,7,10-11,13-14H2,(H2,22,26)/t16-/m0/s1. The summed E-state index contributed by atoms with van der Waals surface area (Å²) in [6.07, 6.45) is 1.85. The summed E-state index contributed by atoms with van der Waals surface area (Å²) in [5.41, 5.74) is 6.94. The molecule has 2 N–H and O–H groups in total. The van der Waals surface area contributed by atoms with Gasteiger partial charge in [0.15, 0.2) is 6.61 Å². The molecule has 152 valence electrons. The Morgan fingerprint density at radius 1 is 1.21 bits per heavy atom. The number of non-ortho nitro benzene ring substituents is 1. The third kappa shape index (κ3) is 5.31. The Morgan fingerprint density at radius 2 is 1.97 bits per heavy atom. The normalized spacial score (nSPS) is 16.3. The molecule has 2 aromatic carbocycles. The van der Waals surface area contributed by atoms with Crippen molar-refractivity contribution in [1.82, 2.24) is 4.90 Å². The van der Waals surface area contributed by atoms with Crippen molar-refractivity contribution in [2.24, 2.45) is 11.7 Å². The zero-order valence-electron chi connectivity index (χ0n) is 16.0. The number of carbonyl (C=O) groups is 2. The predicted molar refractivity (Wildman–Crippen MR) is 106 cm³/mol. The van der Waals surface area contributed by atoms with Crippen LogP contribution < -0.4 is 10.5 Å². The van der Waals surface area contributed by atoms with Crippen molar-refractivity contribution in [3.05, 3.63) is 69.8 Å². The average Bonchev–Trinajstić information content (AvgIpc) is 2.73. The molecule has 1 saturated heterocycles. The molecule has 1 atom stereocenters. The van der Waals surface area contributed by atoms with E-state index in [0.29, 0.717) is 37.2 Å². The molecule has 0 saturated carbocycles. The number of amides is 2. The van der Waals surface area contributed by atoms with Gasteiger partial charge >= 0.3 is 0 Å². The first-order valence-electron chi connectivity index (χ1n) is 9.45. The highest BCUT2D eigenvalue weighted by molar-refractivity contribution is 5.81. The smallest absolute Gasteiger partial charge is 0.269 e. The number of benzene rings is 2. The fourth-order valence-corrected chi connectivity index (χ4v) is 3.44. The summed E-state index contributed by atoms with van der Waals surface area (Å²) in [4.78, 5) is 36.2. The molecule has 3 rings (SSSR count). The molecule has 8 nitrogen and oxygen atoms in total. The van der Waals surface area contributed by atoms with Gasteiger partial charge in [0.05, 0.1) is 10.8 Å². The van der Waals surface area contributed by atoms with Crippen molar-refractivity contribution in [2.75, 3.05) is 19.7 Å². The lowest BCUT2D eigenvalue weighted by molar-refractivity contribution is -0.384. The van der Waals surface area contributed by atoms with Gasteiger partial charge in [-0.1, -0.05) is 30.3 Å². The number of primary amides is 1. The van der Waals surface area contributed by atoms with Crippen molar-refractivity contribution < 1.29 is 19.2 Å². The molecule has 2 amide bonds. The fraction of sp³-hybridized carbons (Fsp3) is 0.333. The van der Waals surface area contributed by atoms with Gasteiger partial charge in [0.1, 0.15) is 5.75 Å². The van der Waals surface area contributed by atoms with Crippen LogP contribution >= 0.6 is 0 Å². The second-order valence-corrected chi connectivity index (χ2v) is 7.08. The number of ether oxygens (including phenoxy) is 1. The van der Waals surface area contributed by atoms with Crippen molar-refractivity contribution in [3.63, 3.8) is 0 Å². The maximum Gasteiger partial charge on any atom is 0.269 e. The molecular weight excluding hydrogens is 374 g/mol. The topological polar surface area (TPSA) is 116 Å². The van der Waals surface area contributed by atoms with Gasteiger partial charge in [-0.3, -0.25) is 19.7 Å². The molecule has 0 bridgehead atoms. The Hall–Kier alpha value is -3.42. The minimum Gasteiger partial charge on any atom is -0.483 e. The zero-order valence-corrected chi connectivity index (χ0v) is 16.0. The lowest BCUT2D eigenvalue weighted by Crippen LogP contribution is -2.45. The van der Waals surface area contributed by atoms with Gasteiger partial charge in [-0.05, 0) is 24.5 Å². The van der Waals surface area contributed by atoms with Crippen LogP contribution in [-0.2, 0) is 16.0 Å². The SMILES string of the molecule is NC(=O)[C@H]1CCCN(C(=O)COc2ccc([N+](=O)[O-])cc2Cc2ccccc2)C1. The van der Waals surface area contributed by atoms with Crippen LogP contribution in [-0.4, -0.2) is 41.3 Å². The fourth-order valence-electron chi connectivity index (χ4n) is 3.44. The highest BCUT2D eigenvalue weighted by Crippen LogP contribution is 2.27. The number of carbonyl (C=O) groups excluding carboxylic acids is 2. The van der Waals surface area contributed by atoms with Gasteiger partial charge in [-0.25, -0.2) is 0 Å². The van der Waals surface area contributed by atoms with Gasteiger partial charge in [-0.15, -0.1) is 0 Å². The van der Waals surface area contributed by atoms with Gasteiger partial charge in [0.25, 0.3) is 11.6 Å². The van der Waals surface area contributed by atoms with E-state index < -0.39 is 10.8 Å². The molecule has 29 heavy (non-hydrogen) atoms. The molecule has 8 heteroatoms. The van der Waals surface area contributed by atoms with E-state index in [1.807, 2.05) is 30.3 Å². The van der Waals surface area contributed by atoms with Crippen LogP contribution in [0.5, 0.6) is 5.75 Å². The number of hydrogen-bond acceptors (Lipinski definition) is 5. The van der Waals surface area contributed by atoms with Gasteiger partial charge in [-0.2, -0.15) is 0 Å². The number of nitro groups is 1. The van der Waals surface area contributed by atoms with E-state index >= 15 is 0 Å². The van der Waals surface area contributed by atoms with Crippen LogP contribution in [0.1, 0.15) is 24.0 Å². The van der Waals surface area contributed by atoms with E-state index in [0.717, 1.165) is 12.0 Å². The van der Waals surface area contributed by atoms with E-state index in [1.54, 1.807) is 4.90 Å². The Labute approximate surface area is 168 Å². The summed E-state index contributed by atoms with van der Waals surface area (Å²) >= 11 is 0. The maximum absolute atomic E-state index is 12.5. The second kappa shape index (κ2) is 9.18. The number of nitrogens with two attached hydrogens (primary N) is 1. The van der Waals surface area contributed by atoms with Crippen molar-refractivity contribution in [3.8, 4) is 5.75 Å². The first-order valence-corrected chi connectivity index (χ1v) is 9.45. The van der Waals surface area contributed by atoms with Crippen LogP contribution in [0.15, 0.2) is 48.5 Å². The number of piperidine rings is 1. The molecule has 0 spiro atoms. The lowest BCUT2D eigenvalue weighted by atomic mass is 9.97. The third-order valence-corrected chi connectivity index (χ3v) is 5.02. The highest BCUT2D eigenvalue weighted by atomic mass is 16.6. The number of nitrogens with zero attached hydrogens (tertiary/aromatic N) is 2. The second-order valence-electron chi connectivity index (χ2n) is 7.08. The van der Waals surface area contributed by atoms with Crippen LogP contribution in [0.2, 0.25) is 0 Å².